The molecular weight excluding hydrogens is 372 g/mol. The molecule has 0 spiro atoms. The molecule has 28 heavy (non-hydrogen) atoms. The van der Waals surface area contributed by atoms with E-state index in [1.165, 1.54) is 11.3 Å². The van der Waals surface area contributed by atoms with Gasteiger partial charge in [-0.2, -0.15) is 0 Å². The number of methoxy groups -OCH3 is 1. The number of amides is 1. The van der Waals surface area contributed by atoms with Gasteiger partial charge in [-0.1, -0.05) is 12.1 Å². The normalized spacial score (nSPS) is 12.0. The number of benzene rings is 1. The first kappa shape index (κ1) is 20.0. The molecule has 1 N–H and O–H groups in total. The van der Waals surface area contributed by atoms with Gasteiger partial charge in [-0.3, -0.25) is 9.78 Å². The second-order valence-corrected chi connectivity index (χ2v) is 7.63. The summed E-state index contributed by atoms with van der Waals surface area (Å²) in [6.07, 6.45) is 3.45. The van der Waals surface area contributed by atoms with E-state index >= 15 is 0 Å². The molecule has 2 heterocycles. The summed E-state index contributed by atoms with van der Waals surface area (Å²) >= 11 is 1.40. The third-order valence-corrected chi connectivity index (χ3v) is 5.72. The summed E-state index contributed by atoms with van der Waals surface area (Å²) in [6.45, 7) is 2.36. The molecule has 0 saturated heterocycles. The van der Waals surface area contributed by atoms with E-state index in [-0.39, 0.29) is 11.9 Å². The number of carbonyl (C=O) groups is 1. The number of aryl methyl sites for hydroxylation is 1. The number of pyridine rings is 1. The van der Waals surface area contributed by atoms with E-state index in [4.69, 9.17) is 4.74 Å². The van der Waals surface area contributed by atoms with Crippen LogP contribution < -0.4 is 10.1 Å². The highest BCUT2D eigenvalue weighted by atomic mass is 32.1. The molecular formula is C21H24N4O2S. The van der Waals surface area contributed by atoms with Gasteiger partial charge in [0.25, 0.3) is 5.91 Å². The molecule has 0 aliphatic heterocycles. The molecule has 1 atom stereocenters. The number of hydrogen-bond acceptors (Lipinski definition) is 6. The molecule has 2 aromatic heterocycles. The maximum absolute atomic E-state index is 12.8. The first-order valence-corrected chi connectivity index (χ1v) is 9.77. The number of rotatable bonds is 7. The molecule has 7 heteroatoms. The van der Waals surface area contributed by atoms with Gasteiger partial charge in [0.05, 0.1) is 18.8 Å². The first-order valence-electron chi connectivity index (χ1n) is 8.96. The van der Waals surface area contributed by atoms with E-state index in [0.717, 1.165) is 27.6 Å². The molecule has 0 aliphatic carbocycles. The molecule has 0 fully saturated rings. The van der Waals surface area contributed by atoms with Crippen molar-refractivity contribution in [3.63, 3.8) is 0 Å². The quantitative estimate of drug-likeness (QED) is 0.661. The van der Waals surface area contributed by atoms with Crippen LogP contribution in [0.5, 0.6) is 5.75 Å². The van der Waals surface area contributed by atoms with Crippen LogP contribution in [-0.2, 0) is 0 Å². The molecule has 0 aliphatic rings. The second-order valence-electron chi connectivity index (χ2n) is 6.63. The summed E-state index contributed by atoms with van der Waals surface area (Å²) in [5, 5.41) is 3.88. The SMILES string of the molecule is COc1ccc(C(CNC(=O)c2sc(-c3ccncc3)nc2C)N(C)C)cc1. The first-order chi connectivity index (χ1) is 13.5. The van der Waals surface area contributed by atoms with E-state index in [2.05, 4.69) is 20.2 Å². The molecule has 3 aromatic rings. The molecule has 1 unspecified atom stereocenters. The number of nitrogens with one attached hydrogen (secondary N) is 1. The Morgan fingerprint density at radius 3 is 2.46 bits per heavy atom. The maximum atomic E-state index is 12.8. The van der Waals surface area contributed by atoms with Crippen LogP contribution in [0.15, 0.2) is 48.8 Å². The summed E-state index contributed by atoms with van der Waals surface area (Å²) in [5.41, 5.74) is 2.82. The zero-order valence-electron chi connectivity index (χ0n) is 16.5. The van der Waals surface area contributed by atoms with Crippen LogP contribution in [0.2, 0.25) is 0 Å². The molecule has 1 amide bonds. The predicted octanol–water partition coefficient (Wildman–Crippen LogP) is 3.55. The third kappa shape index (κ3) is 4.55. The predicted molar refractivity (Wildman–Crippen MR) is 112 cm³/mol. The lowest BCUT2D eigenvalue weighted by Gasteiger charge is -2.25. The highest BCUT2D eigenvalue weighted by molar-refractivity contribution is 7.17. The van der Waals surface area contributed by atoms with Gasteiger partial charge < -0.3 is 15.0 Å². The van der Waals surface area contributed by atoms with Crippen LogP contribution in [0.25, 0.3) is 10.6 Å². The Morgan fingerprint density at radius 1 is 1.18 bits per heavy atom. The molecule has 0 bridgehead atoms. The van der Waals surface area contributed by atoms with Crippen LogP contribution >= 0.6 is 11.3 Å². The van der Waals surface area contributed by atoms with Crippen LogP contribution in [0.3, 0.4) is 0 Å². The van der Waals surface area contributed by atoms with Gasteiger partial charge in [-0.05, 0) is 50.8 Å². The molecule has 6 nitrogen and oxygen atoms in total. The minimum atomic E-state index is -0.101. The van der Waals surface area contributed by atoms with Crippen molar-refractivity contribution in [2.45, 2.75) is 13.0 Å². The second kappa shape index (κ2) is 8.95. The Balaban J connectivity index is 1.72. The third-order valence-electron chi connectivity index (χ3n) is 4.51. The van der Waals surface area contributed by atoms with Crippen molar-refractivity contribution >= 4 is 17.2 Å². The van der Waals surface area contributed by atoms with Crippen molar-refractivity contribution in [3.05, 3.63) is 64.9 Å². The number of thiazole rings is 1. The van der Waals surface area contributed by atoms with Crippen molar-refractivity contribution in [3.8, 4) is 16.3 Å². The minimum Gasteiger partial charge on any atom is -0.497 e. The summed E-state index contributed by atoms with van der Waals surface area (Å²) < 4.78 is 5.22. The van der Waals surface area contributed by atoms with Crippen LogP contribution in [0, 0.1) is 6.92 Å². The number of carbonyl (C=O) groups excluding carboxylic acids is 1. The summed E-state index contributed by atoms with van der Waals surface area (Å²) in [6, 6.07) is 11.8. The van der Waals surface area contributed by atoms with Crippen molar-refractivity contribution in [2.75, 3.05) is 27.7 Å². The Bertz CT molecular complexity index is 923. The lowest BCUT2D eigenvalue weighted by molar-refractivity contribution is 0.0945. The van der Waals surface area contributed by atoms with Gasteiger partial charge in [0.1, 0.15) is 15.6 Å². The summed E-state index contributed by atoms with van der Waals surface area (Å²) in [5.74, 6) is 0.713. The van der Waals surface area contributed by atoms with Crippen molar-refractivity contribution < 1.29 is 9.53 Å². The van der Waals surface area contributed by atoms with Crippen molar-refractivity contribution in [1.82, 2.24) is 20.2 Å². The molecule has 1 aromatic carbocycles. The lowest BCUT2D eigenvalue weighted by Crippen LogP contribution is -2.34. The zero-order chi connectivity index (χ0) is 20.1. The van der Waals surface area contributed by atoms with Gasteiger partial charge in [0.2, 0.25) is 0 Å². The average molecular weight is 397 g/mol. The van der Waals surface area contributed by atoms with E-state index < -0.39 is 0 Å². The molecule has 0 radical (unpaired) electrons. The fraction of sp³-hybridized carbons (Fsp3) is 0.286. The molecule has 0 saturated carbocycles. The van der Waals surface area contributed by atoms with E-state index in [0.29, 0.717) is 11.4 Å². The Labute approximate surface area is 169 Å². The molecule has 3 rings (SSSR count). The fourth-order valence-corrected chi connectivity index (χ4v) is 3.91. The Kier molecular flexibility index (Phi) is 6.38. The highest BCUT2D eigenvalue weighted by Gasteiger charge is 2.19. The summed E-state index contributed by atoms with van der Waals surface area (Å²) in [7, 11) is 5.65. The Hall–Kier alpha value is -2.77. The van der Waals surface area contributed by atoms with Crippen molar-refractivity contribution in [1.29, 1.82) is 0 Å². The number of aromatic nitrogens is 2. The van der Waals surface area contributed by atoms with Gasteiger partial charge in [-0.25, -0.2) is 4.98 Å². The van der Waals surface area contributed by atoms with Gasteiger partial charge in [-0.15, -0.1) is 11.3 Å². The van der Waals surface area contributed by atoms with E-state index in [1.54, 1.807) is 19.5 Å². The van der Waals surface area contributed by atoms with Crippen LogP contribution in [0.1, 0.15) is 27.0 Å². The smallest absolute Gasteiger partial charge is 0.263 e. The monoisotopic (exact) mass is 396 g/mol. The molecule has 146 valence electrons. The van der Waals surface area contributed by atoms with Gasteiger partial charge in [0, 0.05) is 24.5 Å². The number of ether oxygens (including phenoxy) is 1. The van der Waals surface area contributed by atoms with E-state index in [9.17, 15) is 4.79 Å². The van der Waals surface area contributed by atoms with Gasteiger partial charge in [0.15, 0.2) is 0 Å². The largest absolute Gasteiger partial charge is 0.497 e. The number of hydrogen-bond donors (Lipinski definition) is 1. The highest BCUT2D eigenvalue weighted by Crippen LogP contribution is 2.27. The average Bonchev–Trinajstić information content (AvgIpc) is 3.10. The minimum absolute atomic E-state index is 0.0581. The number of likely N-dealkylation sites (N-methyl/N-ethyl adjacent to an activating group) is 1. The maximum Gasteiger partial charge on any atom is 0.263 e. The number of nitrogens with zero attached hydrogens (tertiary/aromatic N) is 3. The van der Waals surface area contributed by atoms with E-state index in [1.807, 2.05) is 57.4 Å². The topological polar surface area (TPSA) is 67.3 Å². The standard InChI is InChI=1S/C21H24N4O2S/c1-14-19(28-21(24-14)16-9-11-22-12-10-16)20(26)23-13-18(25(2)3)15-5-7-17(27-4)8-6-15/h5-12,18H,13H2,1-4H3,(H,23,26). The Morgan fingerprint density at radius 2 is 1.86 bits per heavy atom. The lowest BCUT2D eigenvalue weighted by atomic mass is 10.1. The van der Waals surface area contributed by atoms with Gasteiger partial charge >= 0.3 is 0 Å². The van der Waals surface area contributed by atoms with Crippen LogP contribution in [0.4, 0.5) is 0 Å². The zero-order valence-corrected chi connectivity index (χ0v) is 17.3. The summed E-state index contributed by atoms with van der Waals surface area (Å²) in [4.78, 5) is 24.1. The fourth-order valence-electron chi connectivity index (χ4n) is 2.92. The van der Waals surface area contributed by atoms with Crippen LogP contribution in [-0.4, -0.2) is 48.5 Å². The van der Waals surface area contributed by atoms with Crippen molar-refractivity contribution in [2.24, 2.45) is 0 Å².